The Balaban J connectivity index is 2.40. The highest BCUT2D eigenvalue weighted by molar-refractivity contribution is 6.00. The lowest BCUT2D eigenvalue weighted by Crippen LogP contribution is -2.38. The minimum Gasteiger partial charge on any atom is -0.383 e. The highest BCUT2D eigenvalue weighted by Crippen LogP contribution is 2.22. The number of nitrogens with two attached hydrogens (primary N) is 1. The number of hydrogen-bond donors (Lipinski definition) is 2. The zero-order valence-electron chi connectivity index (χ0n) is 12.5. The number of nitrogens with one attached hydrogen (secondary N) is 1. The predicted octanol–water partition coefficient (Wildman–Crippen LogP) is 1.63. The van der Waals surface area contributed by atoms with Gasteiger partial charge in [0.1, 0.15) is 11.5 Å². The molecule has 0 aliphatic heterocycles. The molecule has 0 radical (unpaired) electrons. The fourth-order valence-corrected chi connectivity index (χ4v) is 2.15. The number of fused-ring (bicyclic) bond motifs is 1. The first kappa shape index (κ1) is 15.2. The summed E-state index contributed by atoms with van der Waals surface area (Å²) in [7, 11) is 3.35. The van der Waals surface area contributed by atoms with Crippen LogP contribution in [0.1, 0.15) is 17.4 Å². The maximum absolute atomic E-state index is 12.5. The molecule has 0 saturated carbocycles. The number of nitrogens with zero attached hydrogens (tertiary/aromatic N) is 2. The number of hydrazine groups is 1. The van der Waals surface area contributed by atoms with Crippen LogP contribution in [0.2, 0.25) is 0 Å². The average molecular weight is 288 g/mol. The van der Waals surface area contributed by atoms with E-state index in [-0.39, 0.29) is 11.9 Å². The summed E-state index contributed by atoms with van der Waals surface area (Å²) < 4.78 is 5.08. The minimum absolute atomic E-state index is 0.0370. The Morgan fingerprint density at radius 3 is 2.86 bits per heavy atom. The van der Waals surface area contributed by atoms with Gasteiger partial charge in [-0.3, -0.25) is 4.79 Å². The lowest BCUT2D eigenvalue weighted by Gasteiger charge is -2.24. The fraction of sp³-hybridized carbons (Fsp3) is 0.333. The van der Waals surface area contributed by atoms with E-state index in [1.165, 1.54) is 0 Å². The number of likely N-dealkylation sites (N-methyl/N-ethyl adjacent to an activating group) is 1. The number of ether oxygens (including phenoxy) is 1. The van der Waals surface area contributed by atoms with Crippen molar-refractivity contribution in [2.45, 2.75) is 13.0 Å². The first-order chi connectivity index (χ1) is 10.1. The summed E-state index contributed by atoms with van der Waals surface area (Å²) >= 11 is 0. The largest absolute Gasteiger partial charge is 0.383 e. The van der Waals surface area contributed by atoms with E-state index >= 15 is 0 Å². The highest BCUT2D eigenvalue weighted by atomic mass is 16.5. The molecule has 1 aromatic heterocycles. The summed E-state index contributed by atoms with van der Waals surface area (Å²) in [4.78, 5) is 18.4. The van der Waals surface area contributed by atoms with Crippen LogP contribution in [-0.4, -0.2) is 42.6 Å². The molecule has 0 spiro atoms. The molecule has 0 aliphatic rings. The van der Waals surface area contributed by atoms with Crippen LogP contribution in [0, 0.1) is 0 Å². The van der Waals surface area contributed by atoms with Gasteiger partial charge in [-0.15, -0.1) is 0 Å². The van der Waals surface area contributed by atoms with Crippen molar-refractivity contribution < 1.29 is 9.53 Å². The Kier molecular flexibility index (Phi) is 4.72. The van der Waals surface area contributed by atoms with Gasteiger partial charge in [-0.05, 0) is 18.4 Å². The fourth-order valence-electron chi connectivity index (χ4n) is 2.15. The first-order valence-electron chi connectivity index (χ1n) is 6.71. The van der Waals surface area contributed by atoms with Crippen LogP contribution < -0.4 is 11.3 Å². The van der Waals surface area contributed by atoms with E-state index in [0.717, 1.165) is 10.8 Å². The normalized spacial score (nSPS) is 12.2. The van der Waals surface area contributed by atoms with E-state index in [2.05, 4.69) is 10.4 Å². The van der Waals surface area contributed by atoms with Crippen LogP contribution in [-0.2, 0) is 4.74 Å². The van der Waals surface area contributed by atoms with Gasteiger partial charge in [0.05, 0.1) is 12.6 Å². The van der Waals surface area contributed by atoms with Gasteiger partial charge in [0.2, 0.25) is 0 Å². The third-order valence-electron chi connectivity index (χ3n) is 3.49. The van der Waals surface area contributed by atoms with Crippen LogP contribution in [0.5, 0.6) is 0 Å². The van der Waals surface area contributed by atoms with Gasteiger partial charge in [-0.2, -0.15) is 0 Å². The summed E-state index contributed by atoms with van der Waals surface area (Å²) in [6, 6.07) is 9.38. The number of methoxy groups -OCH3 is 1. The van der Waals surface area contributed by atoms with E-state index in [1.807, 2.05) is 31.2 Å². The first-order valence-corrected chi connectivity index (χ1v) is 6.71. The predicted molar refractivity (Wildman–Crippen MR) is 83.0 cm³/mol. The van der Waals surface area contributed by atoms with Gasteiger partial charge in [0, 0.05) is 19.5 Å². The zero-order chi connectivity index (χ0) is 15.4. The van der Waals surface area contributed by atoms with Crippen LogP contribution >= 0.6 is 0 Å². The molecule has 2 rings (SSSR count). The van der Waals surface area contributed by atoms with E-state index in [4.69, 9.17) is 10.6 Å². The lowest BCUT2D eigenvalue weighted by atomic mass is 10.1. The molecule has 1 amide bonds. The molecule has 1 aromatic carbocycles. The Morgan fingerprint density at radius 2 is 2.19 bits per heavy atom. The number of rotatable bonds is 5. The molecule has 1 heterocycles. The molecule has 1 atom stereocenters. The average Bonchev–Trinajstić information content (AvgIpc) is 2.52. The molecule has 6 heteroatoms. The standard InChI is InChI=1S/C15H20N4O2/c1-10(9-21-3)19(2)15(20)13-8-11-6-4-5-7-12(11)14(17-13)18-16/h4-8,10H,9,16H2,1-3H3,(H,17,18). The monoisotopic (exact) mass is 288 g/mol. The number of amides is 1. The van der Waals surface area contributed by atoms with Crippen molar-refractivity contribution in [1.29, 1.82) is 0 Å². The van der Waals surface area contributed by atoms with Crippen LogP contribution in [0.25, 0.3) is 10.8 Å². The van der Waals surface area contributed by atoms with Crippen LogP contribution in [0.4, 0.5) is 5.82 Å². The highest BCUT2D eigenvalue weighted by Gasteiger charge is 2.20. The summed E-state index contributed by atoms with van der Waals surface area (Å²) in [5.74, 6) is 5.84. The minimum atomic E-state index is -0.165. The van der Waals surface area contributed by atoms with E-state index in [0.29, 0.717) is 18.1 Å². The smallest absolute Gasteiger partial charge is 0.272 e. The third-order valence-corrected chi connectivity index (χ3v) is 3.49. The van der Waals surface area contributed by atoms with Gasteiger partial charge in [0.25, 0.3) is 5.91 Å². The van der Waals surface area contributed by atoms with E-state index in [1.54, 1.807) is 25.1 Å². The number of carbonyl (C=O) groups is 1. The lowest BCUT2D eigenvalue weighted by molar-refractivity contribution is 0.0628. The number of nitrogen functional groups attached to an aromatic ring is 1. The van der Waals surface area contributed by atoms with Crippen molar-refractivity contribution in [3.8, 4) is 0 Å². The molecule has 1 unspecified atom stereocenters. The Labute approximate surface area is 123 Å². The molecular weight excluding hydrogens is 268 g/mol. The van der Waals surface area contributed by atoms with Gasteiger partial charge in [0.15, 0.2) is 0 Å². The van der Waals surface area contributed by atoms with Gasteiger partial charge in [-0.1, -0.05) is 24.3 Å². The molecule has 0 aliphatic carbocycles. The van der Waals surface area contributed by atoms with Gasteiger partial charge < -0.3 is 15.1 Å². The summed E-state index contributed by atoms with van der Waals surface area (Å²) in [6.07, 6.45) is 0. The summed E-state index contributed by atoms with van der Waals surface area (Å²) in [5.41, 5.74) is 2.91. The number of hydrogen-bond acceptors (Lipinski definition) is 5. The van der Waals surface area contributed by atoms with Gasteiger partial charge >= 0.3 is 0 Å². The number of benzene rings is 1. The molecule has 0 fully saturated rings. The van der Waals surface area contributed by atoms with Crippen LogP contribution in [0.3, 0.4) is 0 Å². The number of aromatic nitrogens is 1. The SMILES string of the molecule is COCC(C)N(C)C(=O)c1cc2ccccc2c(NN)n1. The Hall–Kier alpha value is -2.18. The number of anilines is 1. The third kappa shape index (κ3) is 3.12. The molecule has 112 valence electrons. The number of carbonyl (C=O) groups excluding carboxylic acids is 1. The molecule has 2 aromatic rings. The van der Waals surface area contributed by atoms with Crippen molar-refractivity contribution >= 4 is 22.5 Å². The zero-order valence-corrected chi connectivity index (χ0v) is 12.5. The van der Waals surface area contributed by atoms with Crippen molar-refractivity contribution in [3.05, 3.63) is 36.0 Å². The second kappa shape index (κ2) is 6.51. The second-order valence-corrected chi connectivity index (χ2v) is 4.94. The molecular formula is C15H20N4O2. The molecule has 6 nitrogen and oxygen atoms in total. The summed E-state index contributed by atoms with van der Waals surface area (Å²) in [5, 5.41) is 1.79. The van der Waals surface area contributed by atoms with Crippen molar-refractivity contribution in [3.63, 3.8) is 0 Å². The van der Waals surface area contributed by atoms with Crippen molar-refractivity contribution in [1.82, 2.24) is 9.88 Å². The topological polar surface area (TPSA) is 80.5 Å². The van der Waals surface area contributed by atoms with E-state index in [9.17, 15) is 4.79 Å². The van der Waals surface area contributed by atoms with Crippen molar-refractivity contribution in [2.75, 3.05) is 26.2 Å². The number of pyridine rings is 1. The Morgan fingerprint density at radius 1 is 1.48 bits per heavy atom. The molecule has 0 saturated heterocycles. The summed E-state index contributed by atoms with van der Waals surface area (Å²) in [6.45, 7) is 2.39. The van der Waals surface area contributed by atoms with Crippen LogP contribution in [0.15, 0.2) is 30.3 Å². The maximum Gasteiger partial charge on any atom is 0.272 e. The Bertz CT molecular complexity index is 645. The molecule has 3 N–H and O–H groups in total. The van der Waals surface area contributed by atoms with Crippen molar-refractivity contribution in [2.24, 2.45) is 5.84 Å². The van der Waals surface area contributed by atoms with E-state index < -0.39 is 0 Å². The maximum atomic E-state index is 12.5. The molecule has 21 heavy (non-hydrogen) atoms. The molecule has 0 bridgehead atoms. The second-order valence-electron chi connectivity index (χ2n) is 4.94. The quantitative estimate of drug-likeness (QED) is 0.645. The van der Waals surface area contributed by atoms with Gasteiger partial charge in [-0.25, -0.2) is 10.8 Å².